The highest BCUT2D eigenvalue weighted by Crippen LogP contribution is 2.29. The summed E-state index contributed by atoms with van der Waals surface area (Å²) >= 11 is 0. The third kappa shape index (κ3) is 3.08. The fourth-order valence-corrected chi connectivity index (χ4v) is 2.15. The molecule has 5 nitrogen and oxygen atoms in total. The number of ether oxygens (including phenoxy) is 1. The predicted molar refractivity (Wildman–Crippen MR) is 79.3 cm³/mol. The van der Waals surface area contributed by atoms with Gasteiger partial charge in [0.15, 0.2) is 0 Å². The van der Waals surface area contributed by atoms with Gasteiger partial charge in [0, 0.05) is 12.1 Å². The monoisotopic (exact) mass is 285 g/mol. The van der Waals surface area contributed by atoms with Crippen LogP contribution in [-0.4, -0.2) is 18.0 Å². The maximum Gasteiger partial charge on any atom is 0.338 e. The third-order valence-electron chi connectivity index (χ3n) is 3.25. The van der Waals surface area contributed by atoms with E-state index in [-0.39, 0.29) is 11.3 Å². The minimum atomic E-state index is -0.592. The number of carbonyl (C=O) groups excluding carboxylic acids is 1. The van der Waals surface area contributed by atoms with Crippen LogP contribution in [0.5, 0.6) is 0 Å². The highest BCUT2D eigenvalue weighted by molar-refractivity contribution is 5.92. The molecular weight excluding hydrogens is 270 g/mol. The Hall–Kier alpha value is -2.69. The van der Waals surface area contributed by atoms with E-state index in [0.29, 0.717) is 5.56 Å². The van der Waals surface area contributed by atoms with E-state index in [0.717, 1.165) is 16.7 Å². The van der Waals surface area contributed by atoms with Crippen molar-refractivity contribution in [2.75, 3.05) is 7.11 Å². The summed E-state index contributed by atoms with van der Waals surface area (Å²) in [4.78, 5) is 22.2. The van der Waals surface area contributed by atoms with Crippen LogP contribution in [0.2, 0.25) is 0 Å². The van der Waals surface area contributed by atoms with Gasteiger partial charge < -0.3 is 4.74 Å². The lowest BCUT2D eigenvalue weighted by Crippen LogP contribution is -2.03. The second kappa shape index (κ2) is 5.75. The molecule has 0 N–H and O–H groups in total. The molecule has 0 heterocycles. The van der Waals surface area contributed by atoms with Crippen molar-refractivity contribution in [1.82, 2.24) is 0 Å². The zero-order valence-electron chi connectivity index (χ0n) is 12.0. The van der Waals surface area contributed by atoms with Crippen molar-refractivity contribution >= 4 is 11.7 Å². The van der Waals surface area contributed by atoms with Gasteiger partial charge in [0.1, 0.15) is 0 Å². The Bertz CT molecular complexity index is 722. The molecule has 0 radical (unpaired) electrons. The molecule has 108 valence electrons. The van der Waals surface area contributed by atoms with Crippen molar-refractivity contribution in [2.45, 2.75) is 13.8 Å². The van der Waals surface area contributed by atoms with Gasteiger partial charge in [-0.2, -0.15) is 0 Å². The first-order chi connectivity index (χ1) is 9.92. The molecule has 2 aromatic rings. The Balaban J connectivity index is 2.67. The van der Waals surface area contributed by atoms with Crippen LogP contribution in [0.4, 0.5) is 5.69 Å². The molecule has 5 heteroatoms. The van der Waals surface area contributed by atoms with Crippen molar-refractivity contribution in [1.29, 1.82) is 0 Å². The number of nitro benzene ring substituents is 1. The number of nitro groups is 1. The summed E-state index contributed by atoms with van der Waals surface area (Å²) < 4.78 is 4.65. The first kappa shape index (κ1) is 14.7. The number of esters is 1. The zero-order valence-corrected chi connectivity index (χ0v) is 12.0. The highest BCUT2D eigenvalue weighted by atomic mass is 16.6. The van der Waals surface area contributed by atoms with E-state index in [4.69, 9.17) is 0 Å². The molecule has 2 rings (SSSR count). The predicted octanol–water partition coefficient (Wildman–Crippen LogP) is 3.67. The topological polar surface area (TPSA) is 69.4 Å². The Morgan fingerprint density at radius 1 is 1.14 bits per heavy atom. The summed E-state index contributed by atoms with van der Waals surface area (Å²) in [6.07, 6.45) is 0. The van der Waals surface area contributed by atoms with Crippen LogP contribution >= 0.6 is 0 Å². The number of hydrogen-bond acceptors (Lipinski definition) is 4. The maximum atomic E-state index is 11.7. The number of rotatable bonds is 3. The normalized spacial score (nSPS) is 10.2. The van der Waals surface area contributed by atoms with Gasteiger partial charge in [0.25, 0.3) is 5.69 Å². The largest absolute Gasteiger partial charge is 0.465 e. The van der Waals surface area contributed by atoms with Gasteiger partial charge in [-0.25, -0.2) is 4.79 Å². The molecular formula is C16H15NO4. The van der Waals surface area contributed by atoms with E-state index < -0.39 is 10.9 Å². The van der Waals surface area contributed by atoms with Gasteiger partial charge in [-0.15, -0.1) is 0 Å². The van der Waals surface area contributed by atoms with Gasteiger partial charge >= 0.3 is 5.97 Å². The second-order valence-electron chi connectivity index (χ2n) is 4.84. The van der Waals surface area contributed by atoms with Crippen LogP contribution in [0, 0.1) is 24.0 Å². The zero-order chi connectivity index (χ0) is 15.6. The van der Waals surface area contributed by atoms with Crippen LogP contribution in [0.3, 0.4) is 0 Å². The van der Waals surface area contributed by atoms with E-state index in [1.165, 1.54) is 19.2 Å². The van der Waals surface area contributed by atoms with E-state index >= 15 is 0 Å². The standard InChI is InChI=1S/C16H15NO4/c1-10-4-5-11(2)15(6-10)12-7-13(16(18)21-3)9-14(8-12)17(19)20/h4-9H,1-3H3. The molecule has 0 saturated heterocycles. The molecule has 0 saturated carbocycles. The fraction of sp³-hybridized carbons (Fsp3) is 0.188. The van der Waals surface area contributed by atoms with E-state index in [9.17, 15) is 14.9 Å². The van der Waals surface area contributed by atoms with Crippen LogP contribution in [0.15, 0.2) is 36.4 Å². The van der Waals surface area contributed by atoms with Gasteiger partial charge in [0.2, 0.25) is 0 Å². The van der Waals surface area contributed by atoms with Crippen LogP contribution in [-0.2, 0) is 4.74 Å². The molecule has 0 aliphatic carbocycles. The minimum Gasteiger partial charge on any atom is -0.465 e. The molecule has 0 unspecified atom stereocenters. The number of methoxy groups -OCH3 is 1. The number of aryl methyl sites for hydroxylation is 2. The van der Waals surface area contributed by atoms with Crippen molar-refractivity contribution < 1.29 is 14.5 Å². The van der Waals surface area contributed by atoms with E-state index in [2.05, 4.69) is 4.74 Å². The van der Waals surface area contributed by atoms with E-state index in [1.807, 2.05) is 32.0 Å². The number of hydrogen-bond donors (Lipinski definition) is 0. The number of benzene rings is 2. The first-order valence-corrected chi connectivity index (χ1v) is 6.38. The van der Waals surface area contributed by atoms with Crippen LogP contribution < -0.4 is 0 Å². The second-order valence-corrected chi connectivity index (χ2v) is 4.84. The molecule has 21 heavy (non-hydrogen) atoms. The molecule has 0 aliphatic rings. The molecule has 0 aliphatic heterocycles. The lowest BCUT2D eigenvalue weighted by atomic mass is 9.96. The lowest BCUT2D eigenvalue weighted by molar-refractivity contribution is -0.384. The Morgan fingerprint density at radius 2 is 1.86 bits per heavy atom. The number of non-ortho nitro benzene ring substituents is 1. The van der Waals surface area contributed by atoms with Crippen molar-refractivity contribution in [3.8, 4) is 11.1 Å². The summed E-state index contributed by atoms with van der Waals surface area (Å²) in [5.74, 6) is -0.592. The lowest BCUT2D eigenvalue weighted by Gasteiger charge is -2.09. The molecule has 0 amide bonds. The minimum absolute atomic E-state index is 0.131. The van der Waals surface area contributed by atoms with Gasteiger partial charge in [-0.05, 0) is 36.6 Å². The third-order valence-corrected chi connectivity index (χ3v) is 3.25. The highest BCUT2D eigenvalue weighted by Gasteiger charge is 2.16. The Kier molecular flexibility index (Phi) is 4.03. The van der Waals surface area contributed by atoms with Crippen LogP contribution in [0.1, 0.15) is 21.5 Å². The number of carbonyl (C=O) groups is 1. The molecule has 0 spiro atoms. The smallest absolute Gasteiger partial charge is 0.338 e. The van der Waals surface area contributed by atoms with Gasteiger partial charge in [0.05, 0.1) is 17.6 Å². The van der Waals surface area contributed by atoms with Gasteiger partial charge in [-0.1, -0.05) is 23.8 Å². The number of nitrogens with zero attached hydrogens (tertiary/aromatic N) is 1. The summed E-state index contributed by atoms with van der Waals surface area (Å²) in [6.45, 7) is 3.87. The Labute approximate surface area is 122 Å². The van der Waals surface area contributed by atoms with Crippen LogP contribution in [0.25, 0.3) is 11.1 Å². The van der Waals surface area contributed by atoms with E-state index in [1.54, 1.807) is 6.07 Å². The molecule has 2 aromatic carbocycles. The van der Waals surface area contributed by atoms with Crippen molar-refractivity contribution in [3.63, 3.8) is 0 Å². The fourth-order valence-electron chi connectivity index (χ4n) is 2.15. The molecule has 0 bridgehead atoms. The first-order valence-electron chi connectivity index (χ1n) is 6.38. The Morgan fingerprint density at radius 3 is 2.48 bits per heavy atom. The summed E-state index contributed by atoms with van der Waals surface area (Å²) in [6, 6.07) is 10.2. The van der Waals surface area contributed by atoms with Crippen molar-refractivity contribution in [3.05, 3.63) is 63.2 Å². The molecule has 0 atom stereocenters. The maximum absolute atomic E-state index is 11.7. The summed E-state index contributed by atoms with van der Waals surface area (Å²) in [5, 5.41) is 11.1. The van der Waals surface area contributed by atoms with Gasteiger partial charge in [-0.3, -0.25) is 10.1 Å². The SMILES string of the molecule is COC(=O)c1cc(-c2cc(C)ccc2C)cc([N+](=O)[O-])c1. The average molecular weight is 285 g/mol. The average Bonchev–Trinajstić information content (AvgIpc) is 2.48. The quantitative estimate of drug-likeness (QED) is 0.490. The summed E-state index contributed by atoms with van der Waals surface area (Å²) in [7, 11) is 1.25. The molecule has 0 aromatic heterocycles. The molecule has 0 fully saturated rings. The van der Waals surface area contributed by atoms with Crippen molar-refractivity contribution in [2.24, 2.45) is 0 Å². The summed E-state index contributed by atoms with van der Waals surface area (Å²) in [5.41, 5.74) is 3.56.